The molecule has 0 saturated carbocycles. The van der Waals surface area contributed by atoms with E-state index in [1.807, 2.05) is 82.3 Å². The highest BCUT2D eigenvalue weighted by molar-refractivity contribution is 5.89. The Bertz CT molecular complexity index is 1120. The molecule has 5 nitrogen and oxygen atoms in total. The molecule has 0 fully saturated rings. The Labute approximate surface area is 206 Å². The normalized spacial score (nSPS) is 12.0. The van der Waals surface area contributed by atoms with Crippen LogP contribution in [0.3, 0.4) is 0 Å². The maximum Gasteiger partial charge on any atom is 0.261 e. The fourth-order valence-electron chi connectivity index (χ4n) is 3.68. The minimum Gasteiger partial charge on any atom is -0.481 e. The van der Waals surface area contributed by atoms with Crippen LogP contribution in [-0.4, -0.2) is 34.9 Å². The first-order valence-electron chi connectivity index (χ1n) is 11.7. The first-order chi connectivity index (χ1) is 16.6. The topological polar surface area (TPSA) is 58.6 Å². The van der Waals surface area contributed by atoms with Gasteiger partial charge in [0.2, 0.25) is 5.91 Å². The van der Waals surface area contributed by atoms with E-state index >= 15 is 0 Å². The number of carbonyl (C=O) groups excluding carboxylic acids is 2. The second-order valence-corrected chi connectivity index (χ2v) is 9.67. The van der Waals surface area contributed by atoms with Gasteiger partial charge in [-0.2, -0.15) is 0 Å². The monoisotopic (exact) mass is 476 g/mol. The molecule has 3 rings (SSSR count). The molecule has 0 heterocycles. The summed E-state index contributed by atoms with van der Waals surface area (Å²) in [6.07, 6.45) is 0.333. The van der Waals surface area contributed by atoms with E-state index in [9.17, 15) is 14.0 Å². The van der Waals surface area contributed by atoms with E-state index in [4.69, 9.17) is 4.74 Å². The molecule has 0 aliphatic carbocycles. The highest BCUT2D eigenvalue weighted by atomic mass is 19.1. The van der Waals surface area contributed by atoms with Crippen LogP contribution in [0.25, 0.3) is 0 Å². The number of nitrogens with one attached hydrogen (secondary N) is 1. The number of aryl methyl sites for hydroxylation is 1. The van der Waals surface area contributed by atoms with Gasteiger partial charge in [-0.25, -0.2) is 4.39 Å². The molecule has 0 spiro atoms. The Morgan fingerprint density at radius 3 is 2.17 bits per heavy atom. The van der Waals surface area contributed by atoms with Crippen molar-refractivity contribution in [2.45, 2.75) is 52.2 Å². The first-order valence-corrected chi connectivity index (χ1v) is 11.7. The van der Waals surface area contributed by atoms with Crippen molar-refractivity contribution in [3.05, 3.63) is 101 Å². The molecule has 0 aliphatic heterocycles. The van der Waals surface area contributed by atoms with Gasteiger partial charge < -0.3 is 15.0 Å². The van der Waals surface area contributed by atoms with E-state index in [1.54, 1.807) is 12.1 Å². The third-order valence-corrected chi connectivity index (χ3v) is 5.43. The summed E-state index contributed by atoms with van der Waals surface area (Å²) in [5.41, 5.74) is 2.43. The Morgan fingerprint density at radius 1 is 0.914 bits per heavy atom. The van der Waals surface area contributed by atoms with Crippen molar-refractivity contribution in [3.63, 3.8) is 0 Å². The average Bonchev–Trinajstić information content (AvgIpc) is 2.81. The van der Waals surface area contributed by atoms with Crippen molar-refractivity contribution in [1.82, 2.24) is 10.2 Å². The number of ether oxygens (including phenoxy) is 1. The molecule has 184 valence electrons. The minimum absolute atomic E-state index is 0.00473. The molecule has 35 heavy (non-hydrogen) atoms. The zero-order valence-corrected chi connectivity index (χ0v) is 20.8. The smallest absolute Gasteiger partial charge is 0.261 e. The lowest BCUT2D eigenvalue weighted by Gasteiger charge is -2.33. The van der Waals surface area contributed by atoms with Crippen LogP contribution in [-0.2, 0) is 22.6 Å². The van der Waals surface area contributed by atoms with Crippen molar-refractivity contribution >= 4 is 11.8 Å². The van der Waals surface area contributed by atoms with E-state index < -0.39 is 23.3 Å². The number of hydrogen-bond donors (Lipinski definition) is 1. The number of benzene rings is 3. The predicted molar refractivity (Wildman–Crippen MR) is 135 cm³/mol. The summed E-state index contributed by atoms with van der Waals surface area (Å²) in [7, 11) is 0. The van der Waals surface area contributed by atoms with Crippen LogP contribution < -0.4 is 10.1 Å². The maximum atomic E-state index is 14.1. The molecule has 0 saturated heterocycles. The van der Waals surface area contributed by atoms with Gasteiger partial charge in [0.25, 0.3) is 5.91 Å². The Kier molecular flexibility index (Phi) is 8.63. The van der Waals surface area contributed by atoms with Gasteiger partial charge in [-0.1, -0.05) is 72.3 Å². The van der Waals surface area contributed by atoms with Gasteiger partial charge in [-0.05, 0) is 51.0 Å². The molecule has 0 radical (unpaired) electrons. The molecule has 2 amide bonds. The van der Waals surface area contributed by atoms with E-state index in [2.05, 4.69) is 5.32 Å². The number of halogens is 1. The van der Waals surface area contributed by atoms with Crippen LogP contribution in [0.2, 0.25) is 0 Å². The molecule has 3 aromatic carbocycles. The van der Waals surface area contributed by atoms with Gasteiger partial charge in [0.15, 0.2) is 18.2 Å². The molecule has 1 N–H and O–H groups in total. The summed E-state index contributed by atoms with van der Waals surface area (Å²) < 4.78 is 19.6. The third-order valence-electron chi connectivity index (χ3n) is 5.43. The van der Waals surface area contributed by atoms with Gasteiger partial charge in [0.1, 0.15) is 6.04 Å². The lowest BCUT2D eigenvalue weighted by Crippen LogP contribution is -2.55. The summed E-state index contributed by atoms with van der Waals surface area (Å²) in [6, 6.07) is 22.6. The maximum absolute atomic E-state index is 14.1. The fraction of sp³-hybridized carbons (Fsp3) is 0.310. The Morgan fingerprint density at radius 2 is 1.54 bits per heavy atom. The molecule has 0 aromatic heterocycles. The van der Waals surface area contributed by atoms with Crippen molar-refractivity contribution in [3.8, 4) is 5.75 Å². The first kappa shape index (κ1) is 25.9. The van der Waals surface area contributed by atoms with Gasteiger partial charge >= 0.3 is 0 Å². The highest BCUT2D eigenvalue weighted by Gasteiger charge is 2.32. The third kappa shape index (κ3) is 7.95. The summed E-state index contributed by atoms with van der Waals surface area (Å²) in [5, 5.41) is 3.02. The largest absolute Gasteiger partial charge is 0.481 e. The highest BCUT2D eigenvalue weighted by Crippen LogP contribution is 2.19. The van der Waals surface area contributed by atoms with Crippen LogP contribution in [0, 0.1) is 12.7 Å². The van der Waals surface area contributed by atoms with Gasteiger partial charge in [0, 0.05) is 18.5 Å². The van der Waals surface area contributed by atoms with E-state index in [1.165, 1.54) is 17.0 Å². The predicted octanol–water partition coefficient (Wildman–Crippen LogP) is 5.07. The van der Waals surface area contributed by atoms with Crippen molar-refractivity contribution in [1.29, 1.82) is 0 Å². The van der Waals surface area contributed by atoms with E-state index in [0.717, 1.165) is 16.7 Å². The lowest BCUT2D eigenvalue weighted by atomic mass is 10.0. The van der Waals surface area contributed by atoms with Gasteiger partial charge in [-0.3, -0.25) is 9.59 Å². The van der Waals surface area contributed by atoms with Gasteiger partial charge in [0.05, 0.1) is 0 Å². The second-order valence-electron chi connectivity index (χ2n) is 9.67. The zero-order chi connectivity index (χ0) is 25.4. The van der Waals surface area contributed by atoms with Crippen LogP contribution in [0.1, 0.15) is 37.5 Å². The quantitative estimate of drug-likeness (QED) is 0.469. The van der Waals surface area contributed by atoms with E-state index in [0.29, 0.717) is 6.42 Å². The standard InChI is InChI=1S/C29H33FN2O3/c1-21-14-16-23(17-15-21)19-32(27(33)20-35-26-13-9-8-12-24(26)30)25(28(34)31-29(2,3)4)18-22-10-6-5-7-11-22/h5-17,25H,18-20H2,1-4H3,(H,31,34)/t25-/m1/s1. The molecular weight excluding hydrogens is 443 g/mol. The molecule has 0 unspecified atom stereocenters. The number of rotatable bonds is 9. The second kappa shape index (κ2) is 11.6. The molecule has 0 bridgehead atoms. The number of para-hydroxylation sites is 1. The Hall–Kier alpha value is -3.67. The fourth-order valence-corrected chi connectivity index (χ4v) is 3.68. The number of amides is 2. The van der Waals surface area contributed by atoms with Crippen molar-refractivity contribution in [2.75, 3.05) is 6.61 Å². The van der Waals surface area contributed by atoms with E-state index in [-0.39, 0.29) is 24.8 Å². The molecule has 1 atom stereocenters. The van der Waals surface area contributed by atoms with Crippen LogP contribution >= 0.6 is 0 Å². The summed E-state index contributed by atoms with van der Waals surface area (Å²) in [4.78, 5) is 28.5. The molecule has 6 heteroatoms. The average molecular weight is 477 g/mol. The van der Waals surface area contributed by atoms with Crippen LogP contribution in [0.15, 0.2) is 78.9 Å². The van der Waals surface area contributed by atoms with Crippen molar-refractivity contribution in [2.24, 2.45) is 0 Å². The van der Waals surface area contributed by atoms with Gasteiger partial charge in [-0.15, -0.1) is 0 Å². The number of hydrogen-bond acceptors (Lipinski definition) is 3. The zero-order valence-electron chi connectivity index (χ0n) is 20.8. The number of nitrogens with zero attached hydrogens (tertiary/aromatic N) is 1. The molecule has 0 aliphatic rings. The molecular formula is C29H33FN2O3. The Balaban J connectivity index is 1.93. The number of carbonyl (C=O) groups is 2. The van der Waals surface area contributed by atoms with Crippen LogP contribution in [0.4, 0.5) is 4.39 Å². The molecule has 3 aromatic rings. The van der Waals surface area contributed by atoms with Crippen LogP contribution in [0.5, 0.6) is 5.75 Å². The minimum atomic E-state index is -0.783. The van der Waals surface area contributed by atoms with Crippen molar-refractivity contribution < 1.29 is 18.7 Å². The summed E-state index contributed by atoms with van der Waals surface area (Å²) in [6.45, 7) is 7.52. The summed E-state index contributed by atoms with van der Waals surface area (Å²) in [5.74, 6) is -1.21. The SMILES string of the molecule is Cc1ccc(CN(C(=O)COc2ccccc2F)[C@H](Cc2ccccc2)C(=O)NC(C)(C)C)cc1. The summed E-state index contributed by atoms with van der Waals surface area (Å²) >= 11 is 0. The lowest BCUT2D eigenvalue weighted by molar-refractivity contribution is -0.143.